The minimum Gasteiger partial charge on any atom is -0.495 e. The minimum absolute atomic E-state index is 0.0438. The quantitative estimate of drug-likeness (QED) is 0.563. The number of hydrogen-bond donors (Lipinski definition) is 2. The van der Waals surface area contributed by atoms with Gasteiger partial charge in [-0.25, -0.2) is 4.79 Å². The first kappa shape index (κ1) is 22.7. The number of nitrogens with one attached hydrogen (secondary N) is 2. The summed E-state index contributed by atoms with van der Waals surface area (Å²) in [6.45, 7) is 5.14. The van der Waals surface area contributed by atoms with Gasteiger partial charge >= 0.3 is 6.03 Å². The van der Waals surface area contributed by atoms with Crippen molar-refractivity contribution in [3.8, 4) is 5.75 Å². The standard InChI is InChI=1S/C24H27N5O3S/c1-15-6-9-18(10-7-15)25-21(30)23-28-27-22(33-23)17-5-4-12-29(14-17)24(31)26-19-13-16(2)8-11-20(19)32-3/h6-11,13,17H,4-5,12,14H2,1-3H3,(H,25,30)(H,26,31)/t17-/m0/s1. The van der Waals surface area contributed by atoms with Crippen LogP contribution in [-0.2, 0) is 0 Å². The molecule has 1 aromatic heterocycles. The largest absolute Gasteiger partial charge is 0.495 e. The van der Waals surface area contributed by atoms with Gasteiger partial charge in [-0.3, -0.25) is 4.79 Å². The summed E-state index contributed by atoms with van der Waals surface area (Å²) in [4.78, 5) is 27.3. The monoisotopic (exact) mass is 465 g/mol. The molecule has 1 fully saturated rings. The lowest BCUT2D eigenvalue weighted by Gasteiger charge is -2.31. The van der Waals surface area contributed by atoms with Gasteiger partial charge in [0, 0.05) is 24.7 Å². The summed E-state index contributed by atoms with van der Waals surface area (Å²) in [6.07, 6.45) is 1.75. The lowest BCUT2D eigenvalue weighted by Crippen LogP contribution is -2.41. The van der Waals surface area contributed by atoms with E-state index in [-0.39, 0.29) is 17.9 Å². The maximum Gasteiger partial charge on any atom is 0.321 e. The van der Waals surface area contributed by atoms with Crippen molar-refractivity contribution < 1.29 is 14.3 Å². The smallest absolute Gasteiger partial charge is 0.321 e. The average Bonchev–Trinajstić information content (AvgIpc) is 3.31. The highest BCUT2D eigenvalue weighted by atomic mass is 32.1. The molecule has 1 aliphatic rings. The molecule has 172 valence electrons. The number of anilines is 2. The van der Waals surface area contributed by atoms with Crippen LogP contribution in [0.1, 0.15) is 44.7 Å². The number of likely N-dealkylation sites (tertiary alicyclic amines) is 1. The minimum atomic E-state index is -0.278. The molecular weight excluding hydrogens is 438 g/mol. The molecule has 2 heterocycles. The number of carbonyl (C=O) groups excluding carboxylic acids is 2. The zero-order valence-corrected chi connectivity index (χ0v) is 19.7. The molecule has 9 heteroatoms. The van der Waals surface area contributed by atoms with Gasteiger partial charge in [0.25, 0.3) is 5.91 Å². The Kier molecular flexibility index (Phi) is 6.88. The fraction of sp³-hybridized carbons (Fsp3) is 0.333. The van der Waals surface area contributed by atoms with Crippen molar-refractivity contribution in [1.82, 2.24) is 15.1 Å². The van der Waals surface area contributed by atoms with Gasteiger partial charge in [-0.15, -0.1) is 10.2 Å². The molecule has 8 nitrogen and oxygen atoms in total. The number of aryl methyl sites for hydroxylation is 2. The van der Waals surface area contributed by atoms with Crippen LogP contribution < -0.4 is 15.4 Å². The van der Waals surface area contributed by atoms with Gasteiger partial charge in [0.15, 0.2) is 0 Å². The molecule has 0 radical (unpaired) electrons. The summed E-state index contributed by atoms with van der Waals surface area (Å²) in [5, 5.41) is 15.3. The van der Waals surface area contributed by atoms with E-state index in [0.29, 0.717) is 29.5 Å². The number of hydrogen-bond acceptors (Lipinski definition) is 6. The van der Waals surface area contributed by atoms with Crippen LogP contribution in [0.4, 0.5) is 16.2 Å². The van der Waals surface area contributed by atoms with Crippen LogP contribution in [0, 0.1) is 13.8 Å². The maximum absolute atomic E-state index is 12.9. The topological polar surface area (TPSA) is 96.4 Å². The van der Waals surface area contributed by atoms with Gasteiger partial charge in [-0.05, 0) is 56.5 Å². The Morgan fingerprint density at radius 2 is 1.82 bits per heavy atom. The second kappa shape index (κ2) is 9.99. The lowest BCUT2D eigenvalue weighted by molar-refractivity contribution is 0.102. The van der Waals surface area contributed by atoms with Crippen molar-refractivity contribution in [3.63, 3.8) is 0 Å². The molecule has 0 aliphatic carbocycles. The third-order valence-corrected chi connectivity index (χ3v) is 6.68. The molecule has 4 rings (SSSR count). The molecule has 0 unspecified atom stereocenters. The lowest BCUT2D eigenvalue weighted by atomic mass is 9.99. The van der Waals surface area contributed by atoms with Gasteiger partial charge < -0.3 is 20.3 Å². The number of piperidine rings is 1. The first-order valence-electron chi connectivity index (χ1n) is 10.8. The predicted molar refractivity (Wildman–Crippen MR) is 129 cm³/mol. The Hall–Kier alpha value is -3.46. The molecule has 0 saturated carbocycles. The van der Waals surface area contributed by atoms with Crippen molar-refractivity contribution in [2.75, 3.05) is 30.8 Å². The van der Waals surface area contributed by atoms with Gasteiger partial charge in [0.1, 0.15) is 10.8 Å². The molecule has 1 aliphatic heterocycles. The molecule has 1 atom stereocenters. The summed E-state index contributed by atoms with van der Waals surface area (Å²) in [7, 11) is 1.58. The van der Waals surface area contributed by atoms with E-state index in [2.05, 4.69) is 20.8 Å². The summed E-state index contributed by atoms with van der Waals surface area (Å²) in [5.74, 6) is 0.387. The second-order valence-electron chi connectivity index (χ2n) is 8.18. The van der Waals surface area contributed by atoms with Crippen LogP contribution in [-0.4, -0.2) is 47.2 Å². The van der Waals surface area contributed by atoms with Crippen molar-refractivity contribution in [2.45, 2.75) is 32.6 Å². The number of urea groups is 1. The number of amides is 3. The van der Waals surface area contributed by atoms with E-state index >= 15 is 0 Å². The van der Waals surface area contributed by atoms with E-state index in [0.717, 1.165) is 34.7 Å². The predicted octanol–water partition coefficient (Wildman–Crippen LogP) is 4.83. The summed E-state index contributed by atoms with van der Waals surface area (Å²) in [6, 6.07) is 13.1. The highest BCUT2D eigenvalue weighted by Gasteiger charge is 2.28. The number of nitrogens with zero attached hydrogens (tertiary/aromatic N) is 3. The Morgan fingerprint density at radius 1 is 1.06 bits per heavy atom. The zero-order valence-electron chi connectivity index (χ0n) is 18.9. The third kappa shape index (κ3) is 5.48. The Morgan fingerprint density at radius 3 is 2.58 bits per heavy atom. The SMILES string of the molecule is COc1ccc(C)cc1NC(=O)N1CCC[C@H](c2nnc(C(=O)Nc3ccc(C)cc3)s2)C1. The van der Waals surface area contributed by atoms with E-state index < -0.39 is 0 Å². The van der Waals surface area contributed by atoms with E-state index in [9.17, 15) is 9.59 Å². The number of ether oxygens (including phenoxy) is 1. The summed E-state index contributed by atoms with van der Waals surface area (Å²) < 4.78 is 5.36. The van der Waals surface area contributed by atoms with Gasteiger partial charge in [0.2, 0.25) is 5.01 Å². The number of rotatable bonds is 5. The highest BCUT2D eigenvalue weighted by molar-refractivity contribution is 7.13. The van der Waals surface area contributed by atoms with Gasteiger partial charge in [0.05, 0.1) is 12.8 Å². The van der Waals surface area contributed by atoms with Crippen LogP contribution in [0.3, 0.4) is 0 Å². The maximum atomic E-state index is 12.9. The number of benzene rings is 2. The number of methoxy groups -OCH3 is 1. The Balaban J connectivity index is 1.40. The Bertz CT molecular complexity index is 1150. The van der Waals surface area contributed by atoms with Gasteiger partial charge in [-0.1, -0.05) is 35.1 Å². The fourth-order valence-corrected chi connectivity index (χ4v) is 4.65. The highest BCUT2D eigenvalue weighted by Crippen LogP contribution is 2.31. The molecule has 1 saturated heterocycles. The molecular formula is C24H27N5O3S. The van der Waals surface area contributed by atoms with Crippen LogP contribution >= 0.6 is 11.3 Å². The van der Waals surface area contributed by atoms with Crippen LogP contribution in [0.15, 0.2) is 42.5 Å². The van der Waals surface area contributed by atoms with Crippen LogP contribution in [0.5, 0.6) is 5.75 Å². The third-order valence-electron chi connectivity index (χ3n) is 5.60. The van der Waals surface area contributed by atoms with Gasteiger partial charge in [-0.2, -0.15) is 0 Å². The molecule has 0 bridgehead atoms. The first-order valence-corrected chi connectivity index (χ1v) is 11.7. The van der Waals surface area contributed by atoms with E-state index in [1.54, 1.807) is 12.0 Å². The normalized spacial score (nSPS) is 15.7. The van der Waals surface area contributed by atoms with Crippen molar-refractivity contribution >= 4 is 34.6 Å². The van der Waals surface area contributed by atoms with E-state index in [1.807, 2.05) is 56.3 Å². The molecule has 3 aromatic rings. The molecule has 3 amide bonds. The number of aromatic nitrogens is 2. The Labute approximate surface area is 197 Å². The van der Waals surface area contributed by atoms with Crippen molar-refractivity contribution in [2.24, 2.45) is 0 Å². The molecule has 33 heavy (non-hydrogen) atoms. The molecule has 0 spiro atoms. The van der Waals surface area contributed by atoms with E-state index in [1.165, 1.54) is 11.3 Å². The second-order valence-corrected chi connectivity index (χ2v) is 9.19. The van der Waals surface area contributed by atoms with E-state index in [4.69, 9.17) is 4.74 Å². The molecule has 2 N–H and O–H groups in total. The van der Waals surface area contributed by atoms with Crippen molar-refractivity contribution in [3.05, 3.63) is 63.6 Å². The number of carbonyl (C=O) groups is 2. The van der Waals surface area contributed by atoms with Crippen LogP contribution in [0.25, 0.3) is 0 Å². The average molecular weight is 466 g/mol. The fourth-order valence-electron chi connectivity index (χ4n) is 3.79. The van der Waals surface area contributed by atoms with Crippen LogP contribution in [0.2, 0.25) is 0 Å². The first-order chi connectivity index (χ1) is 15.9. The summed E-state index contributed by atoms with van der Waals surface area (Å²) >= 11 is 1.28. The molecule has 2 aromatic carbocycles. The summed E-state index contributed by atoms with van der Waals surface area (Å²) in [5.41, 5.74) is 3.52. The zero-order chi connectivity index (χ0) is 23.4. The van der Waals surface area contributed by atoms with Crippen molar-refractivity contribution in [1.29, 1.82) is 0 Å².